The normalized spacial score (nSPS) is 12.6. The molecule has 0 aliphatic rings. The number of nitrogens with one attached hydrogen (secondary N) is 1. The molecule has 0 saturated heterocycles. The molecule has 2 rings (SSSR count). The van der Waals surface area contributed by atoms with Gasteiger partial charge in [-0.3, -0.25) is 0 Å². The number of benzene rings is 1. The van der Waals surface area contributed by atoms with E-state index in [1.54, 1.807) is 17.4 Å². The van der Waals surface area contributed by atoms with Crippen LogP contribution in [0.3, 0.4) is 0 Å². The highest BCUT2D eigenvalue weighted by atomic mass is 35.5. The van der Waals surface area contributed by atoms with Crippen molar-refractivity contribution in [2.75, 3.05) is 0 Å². The topological polar surface area (TPSA) is 12.0 Å². The van der Waals surface area contributed by atoms with E-state index in [-0.39, 0.29) is 11.9 Å². The molecule has 4 heteroatoms. The molecule has 0 fully saturated rings. The number of hydrogen-bond acceptors (Lipinski definition) is 2. The lowest BCUT2D eigenvalue weighted by Gasteiger charge is -2.13. The summed E-state index contributed by atoms with van der Waals surface area (Å²) >= 11 is 7.70. The molecule has 2 aromatic rings. The van der Waals surface area contributed by atoms with E-state index in [9.17, 15) is 4.39 Å². The Bertz CT molecular complexity index is 484. The SMILES string of the molecule is C[C@H](NCc1cc(F)ccc1Cl)c1cccs1. The molecule has 1 atom stereocenters. The molecule has 17 heavy (non-hydrogen) atoms. The summed E-state index contributed by atoms with van der Waals surface area (Å²) in [5.41, 5.74) is 0.787. The summed E-state index contributed by atoms with van der Waals surface area (Å²) in [5.74, 6) is -0.255. The molecule has 1 N–H and O–H groups in total. The second kappa shape index (κ2) is 5.63. The molecule has 0 amide bonds. The van der Waals surface area contributed by atoms with Gasteiger partial charge in [-0.1, -0.05) is 17.7 Å². The quantitative estimate of drug-likeness (QED) is 0.868. The van der Waals surface area contributed by atoms with Crippen LogP contribution < -0.4 is 5.32 Å². The van der Waals surface area contributed by atoms with Gasteiger partial charge < -0.3 is 5.32 Å². The molecular weight excluding hydrogens is 257 g/mol. The molecule has 90 valence electrons. The lowest BCUT2D eigenvalue weighted by atomic mass is 10.2. The van der Waals surface area contributed by atoms with E-state index in [1.165, 1.54) is 17.0 Å². The highest BCUT2D eigenvalue weighted by Gasteiger charge is 2.07. The van der Waals surface area contributed by atoms with Crippen LogP contribution in [0, 0.1) is 5.82 Å². The summed E-state index contributed by atoms with van der Waals surface area (Å²) in [5, 5.41) is 5.97. The van der Waals surface area contributed by atoms with Crippen LogP contribution >= 0.6 is 22.9 Å². The smallest absolute Gasteiger partial charge is 0.123 e. The highest BCUT2D eigenvalue weighted by Crippen LogP contribution is 2.21. The summed E-state index contributed by atoms with van der Waals surface area (Å²) in [7, 11) is 0. The Labute approximate surface area is 109 Å². The fourth-order valence-corrected chi connectivity index (χ4v) is 2.52. The molecule has 0 bridgehead atoms. The lowest BCUT2D eigenvalue weighted by Crippen LogP contribution is -2.17. The van der Waals surface area contributed by atoms with Crippen molar-refractivity contribution in [2.45, 2.75) is 19.5 Å². The Kier molecular flexibility index (Phi) is 4.15. The van der Waals surface area contributed by atoms with Crippen LogP contribution in [0.15, 0.2) is 35.7 Å². The van der Waals surface area contributed by atoms with Crippen molar-refractivity contribution < 1.29 is 4.39 Å². The minimum absolute atomic E-state index is 0.245. The monoisotopic (exact) mass is 269 g/mol. The fourth-order valence-electron chi connectivity index (χ4n) is 1.58. The first kappa shape index (κ1) is 12.6. The predicted molar refractivity (Wildman–Crippen MR) is 71.0 cm³/mol. The molecule has 0 aliphatic carbocycles. The van der Waals surface area contributed by atoms with E-state index < -0.39 is 0 Å². The summed E-state index contributed by atoms with van der Waals surface area (Å²) in [6, 6.07) is 8.77. The Morgan fingerprint density at radius 3 is 2.94 bits per heavy atom. The summed E-state index contributed by atoms with van der Waals surface area (Å²) in [6.45, 7) is 2.65. The minimum Gasteiger partial charge on any atom is -0.305 e. The van der Waals surface area contributed by atoms with Crippen LogP contribution in [-0.4, -0.2) is 0 Å². The van der Waals surface area contributed by atoms with Gasteiger partial charge in [0.25, 0.3) is 0 Å². The van der Waals surface area contributed by atoms with E-state index in [0.717, 1.165) is 5.56 Å². The number of thiophene rings is 1. The summed E-state index contributed by atoms with van der Waals surface area (Å²) in [6.07, 6.45) is 0. The Morgan fingerprint density at radius 1 is 1.41 bits per heavy atom. The maximum atomic E-state index is 13.1. The van der Waals surface area contributed by atoms with E-state index in [2.05, 4.69) is 18.3 Å². The molecule has 1 heterocycles. The third-order valence-electron chi connectivity index (χ3n) is 2.58. The van der Waals surface area contributed by atoms with E-state index in [4.69, 9.17) is 11.6 Å². The largest absolute Gasteiger partial charge is 0.305 e. The lowest BCUT2D eigenvalue weighted by molar-refractivity contribution is 0.576. The summed E-state index contributed by atoms with van der Waals surface area (Å²) in [4.78, 5) is 1.26. The fraction of sp³-hybridized carbons (Fsp3) is 0.231. The minimum atomic E-state index is -0.255. The predicted octanol–water partition coefficient (Wildman–Crippen LogP) is 4.39. The second-order valence-corrected chi connectivity index (χ2v) is 5.24. The van der Waals surface area contributed by atoms with Crippen molar-refractivity contribution in [1.29, 1.82) is 0 Å². The highest BCUT2D eigenvalue weighted by molar-refractivity contribution is 7.10. The maximum Gasteiger partial charge on any atom is 0.123 e. The van der Waals surface area contributed by atoms with Gasteiger partial charge in [-0.05, 0) is 42.1 Å². The van der Waals surface area contributed by atoms with Gasteiger partial charge in [0, 0.05) is 22.5 Å². The van der Waals surface area contributed by atoms with Crippen molar-refractivity contribution >= 4 is 22.9 Å². The van der Waals surface area contributed by atoms with Crippen LogP contribution in [0.25, 0.3) is 0 Å². The van der Waals surface area contributed by atoms with E-state index >= 15 is 0 Å². The molecule has 1 aromatic carbocycles. The standard InChI is InChI=1S/C13H13ClFNS/c1-9(13-3-2-6-17-13)16-8-10-7-11(15)4-5-12(10)14/h2-7,9,16H,8H2,1H3/t9-/m0/s1. The van der Waals surface area contributed by atoms with Crippen molar-refractivity contribution in [2.24, 2.45) is 0 Å². The van der Waals surface area contributed by atoms with Crippen molar-refractivity contribution in [1.82, 2.24) is 5.32 Å². The van der Waals surface area contributed by atoms with Crippen molar-refractivity contribution in [3.63, 3.8) is 0 Å². The maximum absolute atomic E-state index is 13.1. The number of rotatable bonds is 4. The average molecular weight is 270 g/mol. The van der Waals surface area contributed by atoms with Crippen LogP contribution in [0.5, 0.6) is 0 Å². The van der Waals surface area contributed by atoms with Gasteiger partial charge in [-0.25, -0.2) is 4.39 Å². The third-order valence-corrected chi connectivity index (χ3v) is 4.00. The molecule has 0 spiro atoms. The Morgan fingerprint density at radius 2 is 2.24 bits per heavy atom. The molecule has 0 unspecified atom stereocenters. The first-order valence-electron chi connectivity index (χ1n) is 5.37. The zero-order chi connectivity index (χ0) is 12.3. The van der Waals surface area contributed by atoms with E-state index in [1.807, 2.05) is 11.4 Å². The average Bonchev–Trinajstić information content (AvgIpc) is 2.83. The van der Waals surface area contributed by atoms with Crippen molar-refractivity contribution in [3.8, 4) is 0 Å². The Balaban J connectivity index is 2.00. The van der Waals surface area contributed by atoms with Crippen molar-refractivity contribution in [3.05, 3.63) is 57.0 Å². The van der Waals surface area contributed by atoms with Crippen LogP contribution in [0.4, 0.5) is 4.39 Å². The number of hydrogen-bond donors (Lipinski definition) is 1. The summed E-state index contributed by atoms with van der Waals surface area (Å²) < 4.78 is 13.1. The second-order valence-electron chi connectivity index (χ2n) is 3.85. The van der Waals surface area contributed by atoms with Gasteiger partial charge in [-0.15, -0.1) is 11.3 Å². The van der Waals surface area contributed by atoms with Gasteiger partial charge in [0.1, 0.15) is 5.82 Å². The number of halogens is 2. The molecule has 1 aromatic heterocycles. The van der Waals surface area contributed by atoms with Gasteiger partial charge >= 0.3 is 0 Å². The first-order chi connectivity index (χ1) is 8.16. The van der Waals surface area contributed by atoms with Crippen LogP contribution in [0.1, 0.15) is 23.4 Å². The van der Waals surface area contributed by atoms with Crippen LogP contribution in [-0.2, 0) is 6.54 Å². The van der Waals surface area contributed by atoms with Gasteiger partial charge in [-0.2, -0.15) is 0 Å². The van der Waals surface area contributed by atoms with Gasteiger partial charge in [0.2, 0.25) is 0 Å². The Hall–Kier alpha value is -0.900. The van der Waals surface area contributed by atoms with Crippen LogP contribution in [0.2, 0.25) is 5.02 Å². The molecule has 0 radical (unpaired) electrons. The molecular formula is C13H13ClFNS. The zero-order valence-corrected chi connectivity index (χ0v) is 11.0. The van der Waals surface area contributed by atoms with E-state index in [0.29, 0.717) is 11.6 Å². The molecule has 1 nitrogen and oxygen atoms in total. The molecule has 0 aliphatic heterocycles. The van der Waals surface area contributed by atoms with Gasteiger partial charge in [0.15, 0.2) is 0 Å². The van der Waals surface area contributed by atoms with Gasteiger partial charge in [0.05, 0.1) is 0 Å². The zero-order valence-electron chi connectivity index (χ0n) is 9.41. The molecule has 0 saturated carbocycles. The first-order valence-corrected chi connectivity index (χ1v) is 6.63. The third kappa shape index (κ3) is 3.28.